The molecule has 1 aromatic rings. The van der Waals surface area contributed by atoms with Gasteiger partial charge < -0.3 is 4.90 Å². The Bertz CT molecular complexity index is 467. The number of halogens is 2. The highest BCUT2D eigenvalue weighted by molar-refractivity contribution is 6.41. The predicted octanol–water partition coefficient (Wildman–Crippen LogP) is 3.82. The Hall–Kier alpha value is -1.06. The van der Waals surface area contributed by atoms with Gasteiger partial charge in [0.05, 0.1) is 10.6 Å². The van der Waals surface area contributed by atoms with Gasteiger partial charge in [-0.25, -0.2) is 4.98 Å². The van der Waals surface area contributed by atoms with E-state index in [1.165, 1.54) is 12.3 Å². The van der Waals surface area contributed by atoms with Crippen molar-refractivity contribution < 1.29 is 4.79 Å². The zero-order valence-electron chi connectivity index (χ0n) is 10.7. The number of aromatic nitrogens is 1. The van der Waals surface area contributed by atoms with Crippen molar-refractivity contribution in [3.63, 3.8) is 0 Å². The van der Waals surface area contributed by atoms with Gasteiger partial charge in [0, 0.05) is 18.3 Å². The first-order valence-corrected chi connectivity index (χ1v) is 6.27. The largest absolute Gasteiger partial charge is 0.330 e. The zero-order valence-corrected chi connectivity index (χ0v) is 12.2. The van der Waals surface area contributed by atoms with Crippen LogP contribution in [0.25, 0.3) is 0 Å². The van der Waals surface area contributed by atoms with Crippen molar-refractivity contribution in [2.75, 3.05) is 6.54 Å². The van der Waals surface area contributed by atoms with Crippen LogP contribution in [0.3, 0.4) is 0 Å². The summed E-state index contributed by atoms with van der Waals surface area (Å²) in [5, 5.41) is 0.467. The van der Waals surface area contributed by atoms with Gasteiger partial charge in [-0.05, 0) is 26.8 Å². The molecular formula is C13H16Cl2N2O. The molecule has 0 spiro atoms. The lowest BCUT2D eigenvalue weighted by Crippen LogP contribution is -2.45. The SMILES string of the molecule is C=CCN(C(=O)c1cnc(Cl)c(Cl)c1)C(C)(C)C. The minimum atomic E-state index is -0.308. The van der Waals surface area contributed by atoms with Crippen LogP contribution in [0.1, 0.15) is 31.1 Å². The van der Waals surface area contributed by atoms with Crippen molar-refractivity contribution in [1.82, 2.24) is 9.88 Å². The Labute approximate surface area is 117 Å². The fourth-order valence-corrected chi connectivity index (χ4v) is 1.75. The Kier molecular flexibility index (Phi) is 4.77. The molecule has 0 aliphatic rings. The molecule has 1 rings (SSSR count). The Morgan fingerprint density at radius 2 is 2.11 bits per heavy atom. The summed E-state index contributed by atoms with van der Waals surface area (Å²) in [5.41, 5.74) is 0.110. The second-order valence-corrected chi connectivity index (χ2v) is 5.64. The Morgan fingerprint density at radius 1 is 1.50 bits per heavy atom. The third-order valence-electron chi connectivity index (χ3n) is 2.41. The predicted molar refractivity (Wildman–Crippen MR) is 75.2 cm³/mol. The van der Waals surface area contributed by atoms with Gasteiger partial charge >= 0.3 is 0 Å². The topological polar surface area (TPSA) is 33.2 Å². The average molecular weight is 287 g/mol. The van der Waals surface area contributed by atoms with Crippen molar-refractivity contribution in [3.8, 4) is 0 Å². The summed E-state index contributed by atoms with van der Waals surface area (Å²) >= 11 is 11.6. The van der Waals surface area contributed by atoms with Gasteiger partial charge in [0.1, 0.15) is 5.15 Å². The second kappa shape index (κ2) is 5.72. The highest BCUT2D eigenvalue weighted by atomic mass is 35.5. The van der Waals surface area contributed by atoms with E-state index in [2.05, 4.69) is 11.6 Å². The normalized spacial score (nSPS) is 11.2. The van der Waals surface area contributed by atoms with Crippen molar-refractivity contribution in [2.24, 2.45) is 0 Å². The summed E-state index contributed by atoms with van der Waals surface area (Å²) in [7, 11) is 0. The third kappa shape index (κ3) is 3.47. The molecule has 1 amide bonds. The molecule has 0 aliphatic carbocycles. The summed E-state index contributed by atoms with van der Waals surface area (Å²) in [6.45, 7) is 10.00. The Morgan fingerprint density at radius 3 is 2.56 bits per heavy atom. The van der Waals surface area contributed by atoms with Gasteiger partial charge in [0.2, 0.25) is 0 Å². The van der Waals surface area contributed by atoms with Gasteiger partial charge in [-0.1, -0.05) is 29.3 Å². The van der Waals surface area contributed by atoms with Crippen LogP contribution >= 0.6 is 23.2 Å². The lowest BCUT2D eigenvalue weighted by molar-refractivity contribution is 0.0616. The molecule has 0 unspecified atom stereocenters. The number of rotatable bonds is 3. The summed E-state index contributed by atoms with van der Waals surface area (Å²) in [4.78, 5) is 18.0. The third-order valence-corrected chi connectivity index (χ3v) is 3.10. The molecule has 1 aromatic heterocycles. The number of hydrogen-bond donors (Lipinski definition) is 0. The van der Waals surface area contributed by atoms with Gasteiger partial charge in [0.25, 0.3) is 5.91 Å². The number of carbonyl (C=O) groups is 1. The van der Waals surface area contributed by atoms with Crippen LogP contribution in [0.15, 0.2) is 24.9 Å². The first kappa shape index (κ1) is 15.0. The van der Waals surface area contributed by atoms with Crippen molar-refractivity contribution in [3.05, 3.63) is 40.7 Å². The summed E-state index contributed by atoms with van der Waals surface area (Å²) in [6.07, 6.45) is 3.12. The molecule has 5 heteroatoms. The monoisotopic (exact) mass is 286 g/mol. The molecule has 0 bridgehead atoms. The van der Waals surface area contributed by atoms with Crippen LogP contribution < -0.4 is 0 Å². The van der Waals surface area contributed by atoms with Crippen molar-refractivity contribution in [2.45, 2.75) is 26.3 Å². The molecule has 0 saturated heterocycles. The van der Waals surface area contributed by atoms with E-state index in [4.69, 9.17) is 23.2 Å². The van der Waals surface area contributed by atoms with Crippen molar-refractivity contribution >= 4 is 29.1 Å². The molecule has 0 atom stereocenters. The minimum Gasteiger partial charge on any atom is -0.330 e. The highest BCUT2D eigenvalue weighted by Gasteiger charge is 2.26. The summed E-state index contributed by atoms with van der Waals surface area (Å²) < 4.78 is 0. The molecule has 3 nitrogen and oxygen atoms in total. The maximum atomic E-state index is 12.4. The fourth-order valence-electron chi connectivity index (χ4n) is 1.48. The Balaban J connectivity index is 3.09. The van der Waals surface area contributed by atoms with Gasteiger partial charge in [0.15, 0.2) is 0 Å². The fraction of sp³-hybridized carbons (Fsp3) is 0.385. The molecule has 0 saturated carbocycles. The van der Waals surface area contributed by atoms with Crippen LogP contribution in [0.5, 0.6) is 0 Å². The number of hydrogen-bond acceptors (Lipinski definition) is 2. The van der Waals surface area contributed by atoms with E-state index in [0.29, 0.717) is 12.1 Å². The van der Waals surface area contributed by atoms with Crippen LogP contribution in [-0.2, 0) is 0 Å². The van der Waals surface area contributed by atoms with Gasteiger partial charge in [-0.2, -0.15) is 0 Å². The lowest BCUT2D eigenvalue weighted by Gasteiger charge is -2.35. The number of carbonyl (C=O) groups excluding carboxylic acids is 1. The second-order valence-electron chi connectivity index (χ2n) is 4.87. The molecule has 18 heavy (non-hydrogen) atoms. The smallest absolute Gasteiger partial charge is 0.256 e. The van der Waals surface area contributed by atoms with Crippen LogP contribution in [-0.4, -0.2) is 27.9 Å². The number of pyridine rings is 1. The summed E-state index contributed by atoms with van der Waals surface area (Å²) in [6, 6.07) is 1.53. The maximum absolute atomic E-state index is 12.4. The molecule has 0 aromatic carbocycles. The minimum absolute atomic E-state index is 0.145. The zero-order chi connectivity index (χ0) is 13.9. The van der Waals surface area contributed by atoms with E-state index in [9.17, 15) is 4.79 Å². The van der Waals surface area contributed by atoms with Crippen LogP contribution in [0.4, 0.5) is 0 Å². The molecule has 0 aliphatic heterocycles. The van der Waals surface area contributed by atoms with E-state index in [0.717, 1.165) is 0 Å². The quantitative estimate of drug-likeness (QED) is 0.625. The average Bonchev–Trinajstić information content (AvgIpc) is 2.27. The molecule has 1 heterocycles. The standard InChI is InChI=1S/C13H16Cl2N2O/c1-5-6-17(13(2,3)4)12(18)9-7-10(14)11(15)16-8-9/h5,7-8H,1,6H2,2-4H3. The molecule has 0 N–H and O–H groups in total. The molecular weight excluding hydrogens is 271 g/mol. The number of amides is 1. The maximum Gasteiger partial charge on any atom is 0.256 e. The first-order valence-electron chi connectivity index (χ1n) is 5.51. The highest BCUT2D eigenvalue weighted by Crippen LogP contribution is 2.22. The molecule has 0 radical (unpaired) electrons. The van der Waals surface area contributed by atoms with E-state index in [1.807, 2.05) is 20.8 Å². The van der Waals surface area contributed by atoms with E-state index in [-0.39, 0.29) is 21.6 Å². The van der Waals surface area contributed by atoms with Crippen LogP contribution in [0, 0.1) is 0 Å². The van der Waals surface area contributed by atoms with E-state index >= 15 is 0 Å². The molecule has 0 fully saturated rings. The van der Waals surface area contributed by atoms with E-state index < -0.39 is 0 Å². The van der Waals surface area contributed by atoms with Gasteiger partial charge in [-0.15, -0.1) is 6.58 Å². The number of nitrogens with zero attached hydrogens (tertiary/aromatic N) is 2. The lowest BCUT2D eigenvalue weighted by atomic mass is 10.0. The summed E-state index contributed by atoms with van der Waals surface area (Å²) in [5.74, 6) is -0.145. The first-order chi connectivity index (χ1) is 8.27. The molecule has 98 valence electrons. The van der Waals surface area contributed by atoms with Gasteiger partial charge in [-0.3, -0.25) is 4.79 Å². The van der Waals surface area contributed by atoms with Crippen LogP contribution in [0.2, 0.25) is 10.2 Å². The van der Waals surface area contributed by atoms with E-state index in [1.54, 1.807) is 11.0 Å². The van der Waals surface area contributed by atoms with Crippen molar-refractivity contribution in [1.29, 1.82) is 0 Å².